The number of carbonyl (C=O) groups excluding carboxylic acids is 2. The summed E-state index contributed by atoms with van der Waals surface area (Å²) in [5.41, 5.74) is 0.319. The van der Waals surface area contributed by atoms with Crippen LogP contribution in [0.5, 0.6) is 0 Å². The predicted molar refractivity (Wildman–Crippen MR) is 102 cm³/mol. The Morgan fingerprint density at radius 1 is 1.07 bits per heavy atom. The second-order valence-electron chi connectivity index (χ2n) is 6.41. The number of aromatic nitrogens is 1. The average Bonchev–Trinajstić information content (AvgIpc) is 3.18. The number of hydrogen-bond acceptors (Lipinski definition) is 3. The minimum Gasteiger partial charge on any atom is -0.343 e. The molecule has 1 N–H and O–H groups in total. The van der Waals surface area contributed by atoms with Gasteiger partial charge in [-0.25, -0.2) is 4.39 Å². The smallest absolute Gasteiger partial charge is 0.343 e. The highest BCUT2D eigenvalue weighted by Gasteiger charge is 2.33. The van der Waals surface area contributed by atoms with Crippen LogP contribution in [0.2, 0.25) is 0 Å². The zero-order valence-electron chi connectivity index (χ0n) is 14.6. The first-order valence-corrected chi connectivity index (χ1v) is 9.22. The van der Waals surface area contributed by atoms with Gasteiger partial charge in [-0.1, -0.05) is 12.1 Å². The van der Waals surface area contributed by atoms with Gasteiger partial charge in [-0.05, 0) is 59.3 Å². The maximum Gasteiger partial charge on any atom is 0.416 e. The van der Waals surface area contributed by atoms with E-state index in [4.69, 9.17) is 0 Å². The van der Waals surface area contributed by atoms with Crippen LogP contribution in [0, 0.1) is 5.82 Å². The van der Waals surface area contributed by atoms with Crippen LogP contribution in [0.3, 0.4) is 0 Å². The fourth-order valence-electron chi connectivity index (χ4n) is 3.15. The van der Waals surface area contributed by atoms with Crippen molar-refractivity contribution in [2.24, 2.45) is 0 Å². The molecule has 9 heteroatoms. The summed E-state index contributed by atoms with van der Waals surface area (Å²) < 4.78 is 54.7. The molecule has 0 unspecified atom stereocenters. The predicted octanol–water partition coefficient (Wildman–Crippen LogP) is 5.17. The topological polar surface area (TPSA) is 51.1 Å². The number of benzene rings is 2. The summed E-state index contributed by atoms with van der Waals surface area (Å²) >= 11 is 0.805. The van der Waals surface area contributed by atoms with Gasteiger partial charge in [0.1, 0.15) is 5.82 Å². The maximum atomic E-state index is 13.3. The summed E-state index contributed by atoms with van der Waals surface area (Å²) in [5.74, 6) is -1.41. The fraction of sp³-hybridized carbons (Fsp3) is 0.100. The number of carbonyl (C=O) groups is 2. The molecular weight excluding hydrogens is 408 g/mol. The van der Waals surface area contributed by atoms with Crippen LogP contribution in [-0.2, 0) is 17.5 Å². The lowest BCUT2D eigenvalue weighted by Crippen LogP contribution is -2.17. The van der Waals surface area contributed by atoms with Gasteiger partial charge in [0.2, 0.25) is 0 Å². The van der Waals surface area contributed by atoms with E-state index in [1.165, 1.54) is 0 Å². The standard InChI is InChI=1S/C20H12F4N2O2S/c21-14-3-2-13(15(9-14)20(22,23)24)10-26-6-5-12-7-11(1-4-16(12)26)8-17-18(27)25-19(28)29-17/h1-9H,10H2,(H,25,27,28). The van der Waals surface area contributed by atoms with Gasteiger partial charge in [0.15, 0.2) is 0 Å². The van der Waals surface area contributed by atoms with Crippen LogP contribution in [-0.4, -0.2) is 15.7 Å². The molecule has 29 heavy (non-hydrogen) atoms. The summed E-state index contributed by atoms with van der Waals surface area (Å²) in [7, 11) is 0. The molecule has 2 amide bonds. The number of fused-ring (bicyclic) bond motifs is 1. The van der Waals surface area contributed by atoms with Crippen LogP contribution in [0.15, 0.2) is 53.6 Å². The fourth-order valence-corrected chi connectivity index (χ4v) is 3.83. The molecule has 1 aliphatic rings. The molecule has 0 bridgehead atoms. The number of hydrogen-bond donors (Lipinski definition) is 1. The lowest BCUT2D eigenvalue weighted by Gasteiger charge is -2.14. The highest BCUT2D eigenvalue weighted by molar-refractivity contribution is 8.18. The highest BCUT2D eigenvalue weighted by atomic mass is 32.2. The van der Waals surface area contributed by atoms with E-state index in [-0.39, 0.29) is 17.0 Å². The van der Waals surface area contributed by atoms with Crippen LogP contribution < -0.4 is 5.32 Å². The summed E-state index contributed by atoms with van der Waals surface area (Å²) in [6, 6.07) is 9.57. The number of nitrogens with zero attached hydrogens (tertiary/aromatic N) is 1. The molecule has 0 radical (unpaired) electrons. The van der Waals surface area contributed by atoms with E-state index in [9.17, 15) is 27.2 Å². The van der Waals surface area contributed by atoms with Crippen molar-refractivity contribution < 1.29 is 27.2 Å². The van der Waals surface area contributed by atoms with Crippen molar-refractivity contribution in [1.82, 2.24) is 9.88 Å². The third-order valence-corrected chi connectivity index (χ3v) is 5.26. The molecule has 0 saturated carbocycles. The summed E-state index contributed by atoms with van der Waals surface area (Å²) in [6.45, 7) is -0.0776. The first-order chi connectivity index (χ1) is 13.7. The molecular formula is C20H12F4N2O2S. The third-order valence-electron chi connectivity index (χ3n) is 4.45. The lowest BCUT2D eigenvalue weighted by molar-refractivity contribution is -0.138. The Balaban J connectivity index is 1.67. The lowest BCUT2D eigenvalue weighted by atomic mass is 10.1. The molecule has 1 fully saturated rings. The van der Waals surface area contributed by atoms with Gasteiger partial charge in [0, 0.05) is 23.6 Å². The number of alkyl halides is 3. The Kier molecular flexibility index (Phi) is 4.70. The zero-order valence-corrected chi connectivity index (χ0v) is 15.4. The highest BCUT2D eigenvalue weighted by Crippen LogP contribution is 2.33. The van der Waals surface area contributed by atoms with Gasteiger partial charge in [-0.3, -0.25) is 14.9 Å². The molecule has 1 saturated heterocycles. The second kappa shape index (κ2) is 7.07. The molecule has 0 atom stereocenters. The van der Waals surface area contributed by atoms with Crippen molar-refractivity contribution in [2.45, 2.75) is 12.7 Å². The molecule has 4 rings (SSSR count). The normalized spacial score (nSPS) is 16.1. The van der Waals surface area contributed by atoms with E-state index < -0.39 is 28.7 Å². The number of thioether (sulfide) groups is 1. The first-order valence-electron chi connectivity index (χ1n) is 8.40. The van der Waals surface area contributed by atoms with Crippen LogP contribution in [0.25, 0.3) is 17.0 Å². The van der Waals surface area contributed by atoms with Gasteiger partial charge in [0.05, 0.1) is 10.5 Å². The number of amides is 2. The van der Waals surface area contributed by atoms with Crippen LogP contribution in [0.1, 0.15) is 16.7 Å². The molecule has 1 aliphatic heterocycles. The van der Waals surface area contributed by atoms with Crippen molar-refractivity contribution in [1.29, 1.82) is 0 Å². The van der Waals surface area contributed by atoms with E-state index in [1.54, 1.807) is 41.1 Å². The van der Waals surface area contributed by atoms with Gasteiger partial charge in [-0.2, -0.15) is 13.2 Å². The molecule has 3 aromatic rings. The Bertz CT molecular complexity index is 1180. The molecule has 2 aromatic carbocycles. The second-order valence-corrected chi connectivity index (χ2v) is 7.43. The van der Waals surface area contributed by atoms with Crippen molar-refractivity contribution in [3.05, 3.63) is 76.1 Å². The van der Waals surface area contributed by atoms with Crippen LogP contribution in [0.4, 0.5) is 22.4 Å². The minimum atomic E-state index is -4.66. The monoisotopic (exact) mass is 420 g/mol. The van der Waals surface area contributed by atoms with Crippen molar-refractivity contribution in [3.63, 3.8) is 0 Å². The number of nitrogens with one attached hydrogen (secondary N) is 1. The molecule has 148 valence electrons. The van der Waals surface area contributed by atoms with Crippen molar-refractivity contribution in [3.8, 4) is 0 Å². The van der Waals surface area contributed by atoms with E-state index in [2.05, 4.69) is 5.32 Å². The quantitative estimate of drug-likeness (QED) is 0.470. The van der Waals surface area contributed by atoms with E-state index in [0.29, 0.717) is 17.1 Å². The molecule has 0 aliphatic carbocycles. The number of halogens is 4. The Hall–Kier alpha value is -3.07. The molecule has 1 aromatic heterocycles. The van der Waals surface area contributed by atoms with Gasteiger partial charge >= 0.3 is 6.18 Å². The Morgan fingerprint density at radius 2 is 1.86 bits per heavy atom. The number of imide groups is 1. The zero-order chi connectivity index (χ0) is 20.8. The first kappa shape index (κ1) is 19.3. The van der Waals surface area contributed by atoms with E-state index in [1.807, 2.05) is 0 Å². The molecule has 0 spiro atoms. The van der Waals surface area contributed by atoms with Gasteiger partial charge < -0.3 is 4.57 Å². The van der Waals surface area contributed by atoms with Crippen molar-refractivity contribution in [2.75, 3.05) is 0 Å². The third kappa shape index (κ3) is 3.91. The largest absolute Gasteiger partial charge is 0.416 e. The average molecular weight is 420 g/mol. The van der Waals surface area contributed by atoms with Crippen molar-refractivity contribution >= 4 is 39.9 Å². The minimum absolute atomic E-state index is 0.0415. The Morgan fingerprint density at radius 3 is 2.55 bits per heavy atom. The summed E-state index contributed by atoms with van der Waals surface area (Å²) in [4.78, 5) is 23.2. The van der Waals surface area contributed by atoms with Gasteiger partial charge in [-0.15, -0.1) is 0 Å². The molecule has 2 heterocycles. The maximum absolute atomic E-state index is 13.3. The van der Waals surface area contributed by atoms with Crippen LogP contribution >= 0.6 is 11.8 Å². The molecule has 4 nitrogen and oxygen atoms in total. The SMILES string of the molecule is O=C1NC(=O)C(=Cc2ccc3c(ccn3Cc3ccc(F)cc3C(F)(F)F)c2)S1. The van der Waals surface area contributed by atoms with E-state index in [0.717, 1.165) is 29.3 Å². The van der Waals surface area contributed by atoms with Gasteiger partial charge in [0.25, 0.3) is 11.1 Å². The summed E-state index contributed by atoms with van der Waals surface area (Å²) in [6.07, 6.45) is -1.44. The van der Waals surface area contributed by atoms with E-state index >= 15 is 0 Å². The Labute approximate surface area is 166 Å². The summed E-state index contributed by atoms with van der Waals surface area (Å²) in [5, 5.41) is 2.49. The number of rotatable bonds is 3.